The van der Waals surface area contributed by atoms with Crippen molar-refractivity contribution in [3.8, 4) is 5.75 Å². The van der Waals surface area contributed by atoms with Crippen molar-refractivity contribution in [1.82, 2.24) is 15.5 Å². The van der Waals surface area contributed by atoms with Crippen molar-refractivity contribution in [3.63, 3.8) is 0 Å². The minimum absolute atomic E-state index is 0. The van der Waals surface area contributed by atoms with E-state index < -0.39 is 0 Å². The Bertz CT molecular complexity index is 858. The third-order valence-electron chi connectivity index (χ3n) is 5.23. The van der Waals surface area contributed by atoms with Crippen molar-refractivity contribution in [2.45, 2.75) is 13.0 Å². The number of amides is 1. The minimum Gasteiger partial charge on any atom is -0.497 e. The highest BCUT2D eigenvalue weighted by Crippen LogP contribution is 2.23. The number of guanidine groups is 1. The molecule has 3 rings (SSSR count). The summed E-state index contributed by atoms with van der Waals surface area (Å²) >= 11 is 0. The summed E-state index contributed by atoms with van der Waals surface area (Å²) in [7, 11) is 1.67. The molecule has 180 valence electrons. The number of para-hydroxylation sites is 1. The van der Waals surface area contributed by atoms with E-state index in [0.717, 1.165) is 37.7 Å². The van der Waals surface area contributed by atoms with Gasteiger partial charge in [0.15, 0.2) is 5.96 Å². The molecule has 2 aromatic carbocycles. The third kappa shape index (κ3) is 8.82. The molecule has 8 nitrogen and oxygen atoms in total. The Morgan fingerprint density at radius 2 is 1.79 bits per heavy atom. The van der Waals surface area contributed by atoms with Crippen LogP contribution in [0.1, 0.15) is 18.5 Å². The molecule has 1 atom stereocenters. The van der Waals surface area contributed by atoms with E-state index in [-0.39, 0.29) is 42.5 Å². The lowest BCUT2D eigenvalue weighted by Gasteiger charge is -2.35. The van der Waals surface area contributed by atoms with Gasteiger partial charge >= 0.3 is 0 Å². The SMILES string of the molecule is CCNC(=NCC(=O)Nc1ccccc1)NCC(c1ccc(OC)cc1)N1CCOCC1.I. The fourth-order valence-electron chi connectivity index (χ4n) is 3.58. The Balaban J connectivity index is 0.00000385. The zero-order chi connectivity index (χ0) is 22.6. The molecule has 9 heteroatoms. The average Bonchev–Trinajstić information content (AvgIpc) is 2.84. The summed E-state index contributed by atoms with van der Waals surface area (Å²) < 4.78 is 10.8. The number of hydrogen-bond donors (Lipinski definition) is 3. The lowest BCUT2D eigenvalue weighted by molar-refractivity contribution is -0.114. The molecule has 0 saturated carbocycles. The Morgan fingerprint density at radius 3 is 2.42 bits per heavy atom. The summed E-state index contributed by atoms with van der Waals surface area (Å²) in [6.45, 7) is 6.58. The van der Waals surface area contributed by atoms with Crippen molar-refractivity contribution in [2.75, 3.05) is 58.4 Å². The van der Waals surface area contributed by atoms with Gasteiger partial charge in [0.1, 0.15) is 12.3 Å². The van der Waals surface area contributed by atoms with Crippen LogP contribution in [0.25, 0.3) is 0 Å². The second kappa shape index (κ2) is 14.7. The van der Waals surface area contributed by atoms with Crippen LogP contribution in [0.3, 0.4) is 0 Å². The topological polar surface area (TPSA) is 87.2 Å². The zero-order valence-corrected chi connectivity index (χ0v) is 21.6. The van der Waals surface area contributed by atoms with Gasteiger partial charge in [-0.2, -0.15) is 0 Å². The molecule has 1 amide bonds. The first-order chi connectivity index (χ1) is 15.7. The molecule has 33 heavy (non-hydrogen) atoms. The van der Waals surface area contributed by atoms with Gasteiger partial charge in [0.05, 0.1) is 26.4 Å². The molecular formula is C24H34IN5O3. The summed E-state index contributed by atoms with van der Waals surface area (Å²) in [6.07, 6.45) is 0. The molecule has 0 radical (unpaired) electrons. The molecule has 1 fully saturated rings. The van der Waals surface area contributed by atoms with Crippen molar-refractivity contribution in [2.24, 2.45) is 4.99 Å². The highest BCUT2D eigenvalue weighted by atomic mass is 127. The lowest BCUT2D eigenvalue weighted by atomic mass is 10.0. The van der Waals surface area contributed by atoms with Crippen molar-refractivity contribution < 1.29 is 14.3 Å². The molecule has 1 saturated heterocycles. The van der Waals surface area contributed by atoms with Gasteiger partial charge in [-0.25, -0.2) is 4.99 Å². The van der Waals surface area contributed by atoms with Crippen LogP contribution in [-0.4, -0.2) is 69.8 Å². The number of halogens is 1. The summed E-state index contributed by atoms with van der Waals surface area (Å²) in [5.74, 6) is 1.29. The van der Waals surface area contributed by atoms with Crippen LogP contribution >= 0.6 is 24.0 Å². The number of morpholine rings is 1. The lowest BCUT2D eigenvalue weighted by Crippen LogP contribution is -2.46. The number of hydrogen-bond acceptors (Lipinski definition) is 5. The maximum Gasteiger partial charge on any atom is 0.246 e. The van der Waals surface area contributed by atoms with E-state index in [1.165, 1.54) is 5.56 Å². The maximum atomic E-state index is 12.3. The number of carbonyl (C=O) groups excluding carboxylic acids is 1. The van der Waals surface area contributed by atoms with Crippen LogP contribution in [0.2, 0.25) is 0 Å². The number of aliphatic imine (C=N–C) groups is 1. The summed E-state index contributed by atoms with van der Waals surface area (Å²) in [5, 5.41) is 9.49. The number of methoxy groups -OCH3 is 1. The highest BCUT2D eigenvalue weighted by molar-refractivity contribution is 14.0. The number of rotatable bonds is 9. The third-order valence-corrected chi connectivity index (χ3v) is 5.23. The summed E-state index contributed by atoms with van der Waals surface area (Å²) in [6, 6.07) is 17.7. The second-order valence-electron chi connectivity index (χ2n) is 7.43. The molecule has 1 unspecified atom stereocenters. The molecule has 0 aliphatic carbocycles. The van der Waals surface area contributed by atoms with Crippen LogP contribution in [0.15, 0.2) is 59.6 Å². The van der Waals surface area contributed by atoms with Gasteiger partial charge in [-0.1, -0.05) is 30.3 Å². The number of nitrogens with zero attached hydrogens (tertiary/aromatic N) is 2. The van der Waals surface area contributed by atoms with Gasteiger partial charge < -0.3 is 25.4 Å². The van der Waals surface area contributed by atoms with E-state index in [1.807, 2.05) is 49.4 Å². The predicted octanol–water partition coefficient (Wildman–Crippen LogP) is 2.88. The van der Waals surface area contributed by atoms with Gasteiger partial charge in [0.2, 0.25) is 5.91 Å². The van der Waals surface area contributed by atoms with Crippen LogP contribution in [0.4, 0.5) is 5.69 Å². The standard InChI is InChI=1S/C24H33N5O3.HI/c1-3-25-24(27-18-23(30)28-20-7-5-4-6-8-20)26-17-22(29-13-15-32-16-14-29)19-9-11-21(31-2)12-10-19;/h4-12,22H,3,13-18H2,1-2H3,(H,28,30)(H2,25,26,27);1H. The first-order valence-corrected chi connectivity index (χ1v) is 11.0. The van der Waals surface area contributed by atoms with Crippen LogP contribution in [0, 0.1) is 0 Å². The first kappa shape index (κ1) is 26.9. The summed E-state index contributed by atoms with van der Waals surface area (Å²) in [4.78, 5) is 19.2. The van der Waals surface area contributed by atoms with Crippen LogP contribution < -0.4 is 20.7 Å². The van der Waals surface area contributed by atoms with Gasteiger partial charge in [-0.15, -0.1) is 24.0 Å². The Labute approximate surface area is 213 Å². The number of anilines is 1. The van der Waals surface area contributed by atoms with Crippen molar-refractivity contribution in [3.05, 3.63) is 60.2 Å². The van der Waals surface area contributed by atoms with E-state index in [9.17, 15) is 4.79 Å². The Kier molecular flexibility index (Phi) is 12.0. The average molecular weight is 567 g/mol. The Morgan fingerprint density at radius 1 is 1.09 bits per heavy atom. The number of benzene rings is 2. The molecule has 1 aliphatic rings. The smallest absolute Gasteiger partial charge is 0.246 e. The second-order valence-corrected chi connectivity index (χ2v) is 7.43. The molecule has 3 N–H and O–H groups in total. The maximum absolute atomic E-state index is 12.3. The highest BCUT2D eigenvalue weighted by Gasteiger charge is 2.23. The fraction of sp³-hybridized carbons (Fsp3) is 0.417. The van der Waals surface area contributed by atoms with E-state index in [4.69, 9.17) is 9.47 Å². The fourth-order valence-corrected chi connectivity index (χ4v) is 3.58. The van der Waals surface area contributed by atoms with Crippen molar-refractivity contribution in [1.29, 1.82) is 0 Å². The first-order valence-electron chi connectivity index (χ1n) is 11.0. The normalized spacial score (nSPS) is 15.2. The van der Waals surface area contributed by atoms with Crippen molar-refractivity contribution >= 4 is 41.5 Å². The Hall–Kier alpha value is -2.37. The van der Waals surface area contributed by atoms with Gasteiger partial charge in [0, 0.05) is 31.9 Å². The summed E-state index contributed by atoms with van der Waals surface area (Å²) in [5.41, 5.74) is 1.95. The monoisotopic (exact) mass is 567 g/mol. The predicted molar refractivity (Wildman–Crippen MR) is 143 cm³/mol. The molecule has 1 aliphatic heterocycles. The molecule has 0 spiro atoms. The molecular weight excluding hydrogens is 533 g/mol. The molecule has 1 heterocycles. The van der Waals surface area contributed by atoms with Gasteiger partial charge in [-0.3, -0.25) is 9.69 Å². The number of carbonyl (C=O) groups is 1. The zero-order valence-electron chi connectivity index (χ0n) is 19.3. The minimum atomic E-state index is -0.159. The van der Waals surface area contributed by atoms with Crippen LogP contribution in [-0.2, 0) is 9.53 Å². The van der Waals surface area contributed by atoms with E-state index in [0.29, 0.717) is 19.0 Å². The molecule has 0 aromatic heterocycles. The molecule has 2 aromatic rings. The number of nitrogens with one attached hydrogen (secondary N) is 3. The van der Waals surface area contributed by atoms with Gasteiger partial charge in [-0.05, 0) is 36.8 Å². The van der Waals surface area contributed by atoms with E-state index >= 15 is 0 Å². The van der Waals surface area contributed by atoms with Crippen LogP contribution in [0.5, 0.6) is 5.75 Å². The quantitative estimate of drug-likeness (QED) is 0.246. The largest absolute Gasteiger partial charge is 0.497 e. The molecule has 0 bridgehead atoms. The van der Waals surface area contributed by atoms with E-state index in [2.05, 4.69) is 38.0 Å². The van der Waals surface area contributed by atoms with E-state index in [1.54, 1.807) is 7.11 Å². The van der Waals surface area contributed by atoms with Gasteiger partial charge in [0.25, 0.3) is 0 Å². The number of ether oxygens (including phenoxy) is 2.